The van der Waals surface area contributed by atoms with Gasteiger partial charge in [-0.25, -0.2) is 0 Å². The van der Waals surface area contributed by atoms with Crippen molar-refractivity contribution >= 4 is 11.8 Å². The Morgan fingerprint density at radius 3 is 2.11 bits per heavy atom. The predicted molar refractivity (Wildman–Crippen MR) is 102 cm³/mol. The number of hydrogen-bond donors (Lipinski definition) is 0. The van der Waals surface area contributed by atoms with E-state index >= 15 is 0 Å². The minimum atomic E-state index is -0.0190. The maximum Gasteiger partial charge on any atom is 0.253 e. The zero-order valence-corrected chi connectivity index (χ0v) is 15.7. The number of benzene rings is 2. The Bertz CT molecular complexity index is 796. The number of ether oxygens (including phenoxy) is 2. The third-order valence-corrected chi connectivity index (χ3v) is 4.79. The molecule has 1 heterocycles. The van der Waals surface area contributed by atoms with Crippen LogP contribution in [0.2, 0.25) is 0 Å². The first-order chi connectivity index (χ1) is 13.1. The normalized spacial score (nSPS) is 14.0. The van der Waals surface area contributed by atoms with Gasteiger partial charge in [0.1, 0.15) is 11.5 Å². The van der Waals surface area contributed by atoms with Crippen molar-refractivity contribution < 1.29 is 19.1 Å². The quantitative estimate of drug-likeness (QED) is 0.812. The lowest BCUT2D eigenvalue weighted by Crippen LogP contribution is -2.51. The van der Waals surface area contributed by atoms with Crippen LogP contribution in [-0.2, 0) is 11.2 Å². The van der Waals surface area contributed by atoms with E-state index in [9.17, 15) is 9.59 Å². The summed E-state index contributed by atoms with van der Waals surface area (Å²) in [5.74, 6) is 1.48. The fourth-order valence-corrected chi connectivity index (χ4v) is 3.20. The first-order valence-corrected chi connectivity index (χ1v) is 8.95. The second-order valence-electron chi connectivity index (χ2n) is 6.39. The van der Waals surface area contributed by atoms with Gasteiger partial charge in [-0.2, -0.15) is 0 Å². The van der Waals surface area contributed by atoms with Crippen molar-refractivity contribution in [3.63, 3.8) is 0 Å². The molecule has 0 aromatic heterocycles. The van der Waals surface area contributed by atoms with E-state index in [2.05, 4.69) is 0 Å². The fraction of sp³-hybridized carbons (Fsp3) is 0.333. The standard InChI is InChI=1S/C21H24N2O4/c1-26-18-9-7-16(8-10-18)21(25)23-13-11-22(12-14-23)20(24)15-17-5-3-4-6-19(17)27-2/h3-10H,11-15H2,1-2H3. The number of hydrogen-bond acceptors (Lipinski definition) is 4. The van der Waals surface area contributed by atoms with Gasteiger partial charge in [-0.3, -0.25) is 9.59 Å². The highest BCUT2D eigenvalue weighted by molar-refractivity contribution is 5.94. The topological polar surface area (TPSA) is 59.1 Å². The number of carbonyl (C=O) groups excluding carboxylic acids is 2. The number of para-hydroxylation sites is 1. The third kappa shape index (κ3) is 4.39. The second-order valence-corrected chi connectivity index (χ2v) is 6.39. The zero-order valence-electron chi connectivity index (χ0n) is 15.7. The van der Waals surface area contributed by atoms with Crippen LogP contribution in [0.1, 0.15) is 15.9 Å². The lowest BCUT2D eigenvalue weighted by Gasteiger charge is -2.35. The van der Waals surface area contributed by atoms with E-state index < -0.39 is 0 Å². The number of carbonyl (C=O) groups is 2. The van der Waals surface area contributed by atoms with E-state index in [1.807, 2.05) is 29.2 Å². The molecule has 0 aliphatic carbocycles. The highest BCUT2D eigenvalue weighted by Gasteiger charge is 2.25. The Morgan fingerprint density at radius 2 is 1.48 bits per heavy atom. The molecule has 0 saturated carbocycles. The van der Waals surface area contributed by atoms with E-state index in [1.54, 1.807) is 43.4 Å². The van der Waals surface area contributed by atoms with Gasteiger partial charge in [0.2, 0.25) is 5.91 Å². The SMILES string of the molecule is COc1ccc(C(=O)N2CCN(C(=O)Cc3ccccc3OC)CC2)cc1. The van der Waals surface area contributed by atoms with Gasteiger partial charge in [0, 0.05) is 37.3 Å². The molecule has 6 nitrogen and oxygen atoms in total. The van der Waals surface area contributed by atoms with Gasteiger partial charge in [0.25, 0.3) is 5.91 Å². The monoisotopic (exact) mass is 368 g/mol. The molecule has 2 amide bonds. The second kappa shape index (κ2) is 8.58. The summed E-state index contributed by atoms with van der Waals surface area (Å²) in [7, 11) is 3.20. The van der Waals surface area contributed by atoms with Crippen molar-refractivity contribution in [3.05, 3.63) is 59.7 Å². The van der Waals surface area contributed by atoms with E-state index in [4.69, 9.17) is 9.47 Å². The predicted octanol–water partition coefficient (Wildman–Crippen LogP) is 2.23. The van der Waals surface area contributed by atoms with Gasteiger partial charge < -0.3 is 19.3 Å². The molecule has 142 valence electrons. The zero-order chi connectivity index (χ0) is 19.2. The lowest BCUT2D eigenvalue weighted by atomic mass is 10.1. The molecule has 0 N–H and O–H groups in total. The van der Waals surface area contributed by atoms with Crippen LogP contribution in [0.15, 0.2) is 48.5 Å². The highest BCUT2D eigenvalue weighted by Crippen LogP contribution is 2.19. The Balaban J connectivity index is 1.56. The molecule has 27 heavy (non-hydrogen) atoms. The molecule has 2 aromatic rings. The van der Waals surface area contributed by atoms with Crippen molar-refractivity contribution in [2.45, 2.75) is 6.42 Å². The first kappa shape index (κ1) is 18.8. The molecule has 0 bridgehead atoms. The molecule has 1 aliphatic heterocycles. The summed E-state index contributed by atoms with van der Waals surface area (Å²) < 4.78 is 10.4. The van der Waals surface area contributed by atoms with Gasteiger partial charge in [-0.15, -0.1) is 0 Å². The highest BCUT2D eigenvalue weighted by atomic mass is 16.5. The lowest BCUT2D eigenvalue weighted by molar-refractivity contribution is -0.131. The molecular weight excluding hydrogens is 344 g/mol. The Kier molecular flexibility index (Phi) is 5.96. The largest absolute Gasteiger partial charge is 0.497 e. The molecule has 1 fully saturated rings. The molecule has 3 rings (SSSR count). The van der Waals surface area contributed by atoms with Crippen molar-refractivity contribution in [2.24, 2.45) is 0 Å². The first-order valence-electron chi connectivity index (χ1n) is 8.95. The number of nitrogens with zero attached hydrogens (tertiary/aromatic N) is 2. The third-order valence-electron chi connectivity index (χ3n) is 4.79. The van der Waals surface area contributed by atoms with Crippen LogP contribution >= 0.6 is 0 Å². The molecule has 1 aliphatic rings. The van der Waals surface area contributed by atoms with E-state index in [0.717, 1.165) is 17.1 Å². The maximum atomic E-state index is 12.6. The molecule has 0 radical (unpaired) electrons. The minimum Gasteiger partial charge on any atom is -0.497 e. The van der Waals surface area contributed by atoms with Crippen LogP contribution in [-0.4, -0.2) is 62.0 Å². The Labute approximate surface area is 159 Å². The van der Waals surface area contributed by atoms with Gasteiger partial charge in [-0.05, 0) is 30.3 Å². The van der Waals surface area contributed by atoms with Crippen molar-refractivity contribution in [3.8, 4) is 11.5 Å². The van der Waals surface area contributed by atoms with E-state index in [0.29, 0.717) is 38.2 Å². The van der Waals surface area contributed by atoms with Crippen LogP contribution in [0, 0.1) is 0 Å². The van der Waals surface area contributed by atoms with Crippen molar-refractivity contribution in [2.75, 3.05) is 40.4 Å². The number of rotatable bonds is 5. The molecule has 0 atom stereocenters. The summed E-state index contributed by atoms with van der Waals surface area (Å²) >= 11 is 0. The summed E-state index contributed by atoms with van der Waals surface area (Å²) in [6, 6.07) is 14.6. The summed E-state index contributed by atoms with van der Waals surface area (Å²) in [4.78, 5) is 28.8. The molecule has 6 heteroatoms. The Hall–Kier alpha value is -3.02. The van der Waals surface area contributed by atoms with Gasteiger partial charge in [0.05, 0.1) is 20.6 Å². The number of methoxy groups -OCH3 is 2. The summed E-state index contributed by atoms with van der Waals surface area (Å²) in [6.45, 7) is 2.14. The van der Waals surface area contributed by atoms with Crippen LogP contribution in [0.5, 0.6) is 11.5 Å². The maximum absolute atomic E-state index is 12.6. The van der Waals surface area contributed by atoms with Gasteiger partial charge >= 0.3 is 0 Å². The van der Waals surface area contributed by atoms with Crippen LogP contribution < -0.4 is 9.47 Å². The van der Waals surface area contributed by atoms with E-state index in [-0.39, 0.29) is 11.8 Å². The van der Waals surface area contributed by atoms with Gasteiger partial charge in [-0.1, -0.05) is 18.2 Å². The van der Waals surface area contributed by atoms with Crippen molar-refractivity contribution in [1.82, 2.24) is 9.80 Å². The molecule has 2 aromatic carbocycles. The average Bonchev–Trinajstić information content (AvgIpc) is 2.73. The Morgan fingerprint density at radius 1 is 0.852 bits per heavy atom. The van der Waals surface area contributed by atoms with Crippen LogP contribution in [0.25, 0.3) is 0 Å². The van der Waals surface area contributed by atoms with Crippen LogP contribution in [0.3, 0.4) is 0 Å². The van der Waals surface area contributed by atoms with E-state index in [1.165, 1.54) is 0 Å². The smallest absolute Gasteiger partial charge is 0.253 e. The number of amides is 2. The summed E-state index contributed by atoms with van der Waals surface area (Å²) in [5.41, 5.74) is 1.51. The fourth-order valence-electron chi connectivity index (χ4n) is 3.20. The molecule has 0 spiro atoms. The summed E-state index contributed by atoms with van der Waals surface area (Å²) in [5, 5.41) is 0. The average molecular weight is 368 g/mol. The van der Waals surface area contributed by atoms with Crippen molar-refractivity contribution in [1.29, 1.82) is 0 Å². The molecule has 0 unspecified atom stereocenters. The molecular formula is C21H24N2O4. The number of piperazine rings is 1. The van der Waals surface area contributed by atoms with Gasteiger partial charge in [0.15, 0.2) is 0 Å². The minimum absolute atomic E-state index is 0.0190. The van der Waals surface area contributed by atoms with Crippen LogP contribution in [0.4, 0.5) is 0 Å². The molecule has 1 saturated heterocycles. The summed E-state index contributed by atoms with van der Waals surface area (Å²) in [6.07, 6.45) is 0.302.